The molecule has 82 valence electrons. The first-order valence-electron chi connectivity index (χ1n) is 4.56. The maximum absolute atomic E-state index is 11.4. The predicted molar refractivity (Wildman–Crippen MR) is 56.2 cm³/mol. The molecular formula is C9H14N4O2. The van der Waals surface area contributed by atoms with Crippen LogP contribution >= 0.6 is 0 Å². The van der Waals surface area contributed by atoms with Crippen LogP contribution in [-0.4, -0.2) is 29.9 Å². The molecule has 6 heteroatoms. The summed E-state index contributed by atoms with van der Waals surface area (Å²) in [6.07, 6.45) is 1.54. The maximum atomic E-state index is 11.4. The summed E-state index contributed by atoms with van der Waals surface area (Å²) >= 11 is 0. The third kappa shape index (κ3) is 3.72. The van der Waals surface area contributed by atoms with Crippen LogP contribution in [0.2, 0.25) is 0 Å². The van der Waals surface area contributed by atoms with Crippen molar-refractivity contribution in [1.29, 1.82) is 0 Å². The molecule has 1 aromatic heterocycles. The third-order valence-corrected chi connectivity index (χ3v) is 1.73. The number of hydrogen-bond donors (Lipinski definition) is 4. The molecular weight excluding hydrogens is 196 g/mol. The number of amides is 2. The van der Waals surface area contributed by atoms with Crippen molar-refractivity contribution in [2.75, 3.05) is 18.8 Å². The lowest BCUT2D eigenvalue weighted by Gasteiger charge is -2.03. The van der Waals surface area contributed by atoms with Gasteiger partial charge in [-0.3, -0.25) is 9.59 Å². The highest BCUT2D eigenvalue weighted by Crippen LogP contribution is 2.03. The van der Waals surface area contributed by atoms with Gasteiger partial charge in [0.25, 0.3) is 5.91 Å². The Labute approximate surface area is 87.2 Å². The van der Waals surface area contributed by atoms with Gasteiger partial charge in [-0.1, -0.05) is 0 Å². The lowest BCUT2D eigenvalue weighted by molar-refractivity contribution is -0.118. The molecule has 0 aliphatic rings. The minimum Gasteiger partial charge on any atom is -0.397 e. The Bertz CT molecular complexity index is 359. The lowest BCUT2D eigenvalue weighted by atomic mass is 10.4. The van der Waals surface area contributed by atoms with Crippen molar-refractivity contribution in [3.05, 3.63) is 18.0 Å². The van der Waals surface area contributed by atoms with Gasteiger partial charge >= 0.3 is 0 Å². The smallest absolute Gasteiger partial charge is 0.267 e. The Kier molecular flexibility index (Phi) is 3.73. The van der Waals surface area contributed by atoms with Crippen LogP contribution in [0.5, 0.6) is 0 Å². The molecule has 0 unspecified atom stereocenters. The molecule has 2 amide bonds. The van der Waals surface area contributed by atoms with Gasteiger partial charge in [-0.15, -0.1) is 0 Å². The van der Waals surface area contributed by atoms with E-state index in [9.17, 15) is 9.59 Å². The lowest BCUT2D eigenvalue weighted by Crippen LogP contribution is -2.33. The van der Waals surface area contributed by atoms with E-state index < -0.39 is 0 Å². The Morgan fingerprint density at radius 2 is 2.07 bits per heavy atom. The zero-order valence-electron chi connectivity index (χ0n) is 8.46. The summed E-state index contributed by atoms with van der Waals surface area (Å²) in [6.45, 7) is 2.22. The number of anilines is 1. The van der Waals surface area contributed by atoms with E-state index in [4.69, 9.17) is 5.73 Å². The van der Waals surface area contributed by atoms with Crippen LogP contribution in [0.25, 0.3) is 0 Å². The topological polar surface area (TPSA) is 100 Å². The molecule has 15 heavy (non-hydrogen) atoms. The summed E-state index contributed by atoms with van der Waals surface area (Å²) in [5.41, 5.74) is 6.37. The quantitative estimate of drug-likeness (QED) is 0.502. The van der Waals surface area contributed by atoms with E-state index in [0.717, 1.165) is 0 Å². The van der Waals surface area contributed by atoms with E-state index in [1.807, 2.05) is 0 Å². The summed E-state index contributed by atoms with van der Waals surface area (Å²) < 4.78 is 0. The molecule has 0 radical (unpaired) electrons. The second-order valence-corrected chi connectivity index (χ2v) is 3.09. The monoisotopic (exact) mass is 210 g/mol. The second-order valence-electron chi connectivity index (χ2n) is 3.09. The standard InChI is InChI=1S/C9H14N4O2/c1-6(14)11-2-3-12-9(15)8-4-7(10)5-13-8/h4-5,13H,2-3,10H2,1H3,(H,11,14)(H,12,15). The zero-order chi connectivity index (χ0) is 11.3. The molecule has 1 heterocycles. The fourth-order valence-electron chi connectivity index (χ4n) is 1.05. The molecule has 0 fully saturated rings. The SMILES string of the molecule is CC(=O)NCCNC(=O)c1cc(N)c[nH]1. The highest BCUT2D eigenvalue weighted by Gasteiger charge is 2.05. The second kappa shape index (κ2) is 5.04. The first-order chi connectivity index (χ1) is 7.09. The van der Waals surface area contributed by atoms with Crippen LogP contribution in [0.3, 0.4) is 0 Å². The molecule has 5 N–H and O–H groups in total. The van der Waals surface area contributed by atoms with E-state index in [2.05, 4.69) is 15.6 Å². The van der Waals surface area contributed by atoms with Crippen LogP contribution in [0.1, 0.15) is 17.4 Å². The van der Waals surface area contributed by atoms with Gasteiger partial charge in [-0.25, -0.2) is 0 Å². The molecule has 0 aliphatic heterocycles. The van der Waals surface area contributed by atoms with Crippen LogP contribution in [0.15, 0.2) is 12.3 Å². The molecule has 0 bridgehead atoms. The average molecular weight is 210 g/mol. The van der Waals surface area contributed by atoms with Gasteiger partial charge in [-0.05, 0) is 6.07 Å². The number of hydrogen-bond acceptors (Lipinski definition) is 3. The molecule has 0 saturated heterocycles. The van der Waals surface area contributed by atoms with Crippen molar-refractivity contribution >= 4 is 17.5 Å². The van der Waals surface area contributed by atoms with E-state index in [0.29, 0.717) is 24.5 Å². The summed E-state index contributed by atoms with van der Waals surface area (Å²) in [6, 6.07) is 1.55. The Morgan fingerprint density at radius 1 is 1.40 bits per heavy atom. The van der Waals surface area contributed by atoms with Gasteiger partial charge in [0.05, 0.1) is 0 Å². The Morgan fingerprint density at radius 3 is 2.60 bits per heavy atom. The summed E-state index contributed by atoms with van der Waals surface area (Å²) in [7, 11) is 0. The molecule has 1 rings (SSSR count). The predicted octanol–water partition coefficient (Wildman–Crippen LogP) is -0.537. The highest BCUT2D eigenvalue weighted by molar-refractivity contribution is 5.93. The molecule has 1 aromatic rings. The number of carbonyl (C=O) groups is 2. The van der Waals surface area contributed by atoms with E-state index in [-0.39, 0.29) is 11.8 Å². The first kappa shape index (κ1) is 11.1. The van der Waals surface area contributed by atoms with E-state index in [1.165, 1.54) is 6.92 Å². The largest absolute Gasteiger partial charge is 0.397 e. The number of aromatic nitrogens is 1. The van der Waals surface area contributed by atoms with Crippen molar-refractivity contribution in [2.45, 2.75) is 6.92 Å². The molecule has 0 spiro atoms. The van der Waals surface area contributed by atoms with Crippen LogP contribution in [-0.2, 0) is 4.79 Å². The molecule has 0 atom stereocenters. The summed E-state index contributed by atoms with van der Waals surface area (Å²) in [4.78, 5) is 24.6. The minimum absolute atomic E-state index is 0.117. The molecule has 6 nitrogen and oxygen atoms in total. The molecule has 0 saturated carbocycles. The average Bonchev–Trinajstić information content (AvgIpc) is 2.59. The van der Waals surface area contributed by atoms with Crippen molar-refractivity contribution in [2.24, 2.45) is 0 Å². The van der Waals surface area contributed by atoms with E-state index >= 15 is 0 Å². The highest BCUT2D eigenvalue weighted by atomic mass is 16.2. The fraction of sp³-hybridized carbons (Fsp3) is 0.333. The van der Waals surface area contributed by atoms with Gasteiger partial charge < -0.3 is 21.4 Å². The van der Waals surface area contributed by atoms with Gasteiger partial charge in [0, 0.05) is 31.9 Å². The van der Waals surface area contributed by atoms with Gasteiger partial charge in [0.1, 0.15) is 5.69 Å². The van der Waals surface area contributed by atoms with Crippen molar-refractivity contribution in [3.63, 3.8) is 0 Å². The molecule has 0 aliphatic carbocycles. The number of H-pyrrole nitrogens is 1. The van der Waals surface area contributed by atoms with Gasteiger partial charge in [-0.2, -0.15) is 0 Å². The third-order valence-electron chi connectivity index (χ3n) is 1.73. The number of aromatic amines is 1. The van der Waals surface area contributed by atoms with Gasteiger partial charge in [0.15, 0.2) is 0 Å². The number of carbonyl (C=O) groups excluding carboxylic acids is 2. The Balaban J connectivity index is 2.28. The number of nitrogens with two attached hydrogens (primary N) is 1. The normalized spacial score (nSPS) is 9.67. The number of rotatable bonds is 4. The summed E-state index contributed by atoms with van der Waals surface area (Å²) in [5, 5.41) is 5.20. The maximum Gasteiger partial charge on any atom is 0.267 e. The minimum atomic E-state index is -0.239. The van der Waals surface area contributed by atoms with Gasteiger partial charge in [0.2, 0.25) is 5.91 Å². The zero-order valence-corrected chi connectivity index (χ0v) is 8.46. The number of nitrogens with one attached hydrogen (secondary N) is 3. The van der Waals surface area contributed by atoms with Crippen LogP contribution < -0.4 is 16.4 Å². The number of nitrogen functional groups attached to an aromatic ring is 1. The van der Waals surface area contributed by atoms with Crippen LogP contribution in [0.4, 0.5) is 5.69 Å². The molecule has 0 aromatic carbocycles. The van der Waals surface area contributed by atoms with Crippen LogP contribution in [0, 0.1) is 0 Å². The first-order valence-corrected chi connectivity index (χ1v) is 4.56. The summed E-state index contributed by atoms with van der Waals surface area (Å²) in [5.74, 6) is -0.356. The fourth-order valence-corrected chi connectivity index (χ4v) is 1.05. The van der Waals surface area contributed by atoms with Crippen molar-refractivity contribution in [1.82, 2.24) is 15.6 Å². The Hall–Kier alpha value is -1.98. The van der Waals surface area contributed by atoms with Crippen molar-refractivity contribution < 1.29 is 9.59 Å². The van der Waals surface area contributed by atoms with E-state index in [1.54, 1.807) is 12.3 Å². The van der Waals surface area contributed by atoms with Crippen molar-refractivity contribution in [3.8, 4) is 0 Å².